The van der Waals surface area contributed by atoms with Crippen molar-refractivity contribution < 1.29 is 0 Å². The third-order valence-electron chi connectivity index (χ3n) is 3.47. The second kappa shape index (κ2) is 7.96. The highest BCUT2D eigenvalue weighted by molar-refractivity contribution is 9.10. The average Bonchev–Trinajstić information content (AvgIpc) is 2.90. The van der Waals surface area contributed by atoms with Crippen molar-refractivity contribution in [3.05, 3.63) is 56.2 Å². The summed E-state index contributed by atoms with van der Waals surface area (Å²) in [7, 11) is 0. The van der Waals surface area contributed by atoms with E-state index in [0.717, 1.165) is 25.8 Å². The van der Waals surface area contributed by atoms with Crippen LogP contribution in [0.4, 0.5) is 0 Å². The standard InChI is InChI=1S/C17H22BrNS/c1-3-10-19-16(17-15(18)9-11-20-17)12-14-7-5-13(4-2)6-8-14/h5-9,11,16,19H,3-4,10,12H2,1-2H3. The lowest BCUT2D eigenvalue weighted by Gasteiger charge is -2.18. The van der Waals surface area contributed by atoms with E-state index in [2.05, 4.69) is 70.8 Å². The molecular formula is C17H22BrNS. The first-order valence-corrected chi connectivity index (χ1v) is 8.96. The number of hydrogen-bond donors (Lipinski definition) is 1. The van der Waals surface area contributed by atoms with E-state index in [1.54, 1.807) is 0 Å². The van der Waals surface area contributed by atoms with E-state index >= 15 is 0 Å². The van der Waals surface area contributed by atoms with Crippen LogP contribution in [0.5, 0.6) is 0 Å². The molecule has 0 saturated heterocycles. The number of thiophene rings is 1. The molecule has 1 aromatic carbocycles. The molecule has 0 aliphatic carbocycles. The molecule has 1 aromatic heterocycles. The SMILES string of the molecule is CCCNC(Cc1ccc(CC)cc1)c1sccc1Br. The molecule has 108 valence electrons. The van der Waals surface area contributed by atoms with E-state index < -0.39 is 0 Å². The van der Waals surface area contributed by atoms with Gasteiger partial charge in [0.25, 0.3) is 0 Å². The lowest BCUT2D eigenvalue weighted by atomic mass is 10.0. The second-order valence-corrected chi connectivity index (χ2v) is 6.82. The van der Waals surface area contributed by atoms with Crippen LogP contribution in [-0.4, -0.2) is 6.54 Å². The third kappa shape index (κ3) is 4.18. The summed E-state index contributed by atoms with van der Waals surface area (Å²) in [6, 6.07) is 11.6. The quantitative estimate of drug-likeness (QED) is 0.708. The van der Waals surface area contributed by atoms with Crippen LogP contribution in [0.2, 0.25) is 0 Å². The Hall–Kier alpha value is -0.640. The summed E-state index contributed by atoms with van der Waals surface area (Å²) in [6.07, 6.45) is 3.31. The van der Waals surface area contributed by atoms with Crippen molar-refractivity contribution in [2.24, 2.45) is 0 Å². The first-order valence-electron chi connectivity index (χ1n) is 7.28. The van der Waals surface area contributed by atoms with Crippen molar-refractivity contribution >= 4 is 27.3 Å². The van der Waals surface area contributed by atoms with Gasteiger partial charge in [-0.3, -0.25) is 0 Å². The lowest BCUT2D eigenvalue weighted by molar-refractivity contribution is 0.535. The highest BCUT2D eigenvalue weighted by Gasteiger charge is 2.15. The van der Waals surface area contributed by atoms with Gasteiger partial charge in [-0.1, -0.05) is 38.1 Å². The number of benzene rings is 1. The molecule has 1 unspecified atom stereocenters. The van der Waals surface area contributed by atoms with Gasteiger partial charge in [-0.25, -0.2) is 0 Å². The molecule has 1 nitrogen and oxygen atoms in total. The molecule has 2 rings (SSSR count). The van der Waals surface area contributed by atoms with Crippen LogP contribution in [-0.2, 0) is 12.8 Å². The molecule has 3 heteroatoms. The summed E-state index contributed by atoms with van der Waals surface area (Å²) >= 11 is 5.49. The minimum absolute atomic E-state index is 0.400. The van der Waals surface area contributed by atoms with E-state index in [1.165, 1.54) is 20.5 Å². The van der Waals surface area contributed by atoms with Gasteiger partial charge in [0, 0.05) is 15.4 Å². The normalized spacial score (nSPS) is 12.6. The number of aryl methyl sites for hydroxylation is 1. The van der Waals surface area contributed by atoms with E-state index in [4.69, 9.17) is 0 Å². The van der Waals surface area contributed by atoms with Crippen LogP contribution in [0.15, 0.2) is 40.2 Å². The Balaban J connectivity index is 2.12. The predicted octanol–water partition coefficient (Wildman–Crippen LogP) is 5.36. The van der Waals surface area contributed by atoms with Gasteiger partial charge >= 0.3 is 0 Å². The molecule has 0 aliphatic heterocycles. The number of hydrogen-bond acceptors (Lipinski definition) is 2. The Morgan fingerprint density at radius 2 is 1.80 bits per heavy atom. The van der Waals surface area contributed by atoms with Crippen molar-refractivity contribution in [1.29, 1.82) is 0 Å². The first-order chi connectivity index (χ1) is 9.74. The van der Waals surface area contributed by atoms with Crippen LogP contribution < -0.4 is 5.32 Å². The van der Waals surface area contributed by atoms with Gasteiger partial charge in [0.05, 0.1) is 0 Å². The molecule has 20 heavy (non-hydrogen) atoms. The van der Waals surface area contributed by atoms with Gasteiger partial charge in [0.15, 0.2) is 0 Å². The Morgan fingerprint density at radius 1 is 1.10 bits per heavy atom. The fourth-order valence-corrected chi connectivity index (χ4v) is 4.00. The first kappa shape index (κ1) is 15.7. The zero-order valence-corrected chi connectivity index (χ0v) is 14.6. The Labute approximate surface area is 134 Å². The van der Waals surface area contributed by atoms with Crippen LogP contribution in [0.1, 0.15) is 42.3 Å². The van der Waals surface area contributed by atoms with Crippen molar-refractivity contribution in [1.82, 2.24) is 5.32 Å². The van der Waals surface area contributed by atoms with E-state index in [9.17, 15) is 0 Å². The highest BCUT2D eigenvalue weighted by Crippen LogP contribution is 2.31. The molecule has 1 heterocycles. The monoisotopic (exact) mass is 351 g/mol. The molecule has 0 bridgehead atoms. The summed E-state index contributed by atoms with van der Waals surface area (Å²) < 4.78 is 1.22. The van der Waals surface area contributed by atoms with Crippen LogP contribution in [0.25, 0.3) is 0 Å². The van der Waals surface area contributed by atoms with Crippen LogP contribution in [0.3, 0.4) is 0 Å². The molecule has 0 aliphatic rings. The molecule has 1 atom stereocenters. The van der Waals surface area contributed by atoms with Gasteiger partial charge in [-0.2, -0.15) is 0 Å². The van der Waals surface area contributed by atoms with Crippen molar-refractivity contribution in [2.75, 3.05) is 6.54 Å². The summed E-state index contributed by atoms with van der Waals surface area (Å²) in [6.45, 7) is 5.47. The van der Waals surface area contributed by atoms with Gasteiger partial charge in [0.2, 0.25) is 0 Å². The Morgan fingerprint density at radius 3 is 2.35 bits per heavy atom. The molecule has 0 radical (unpaired) electrons. The fourth-order valence-electron chi connectivity index (χ4n) is 2.28. The van der Waals surface area contributed by atoms with E-state index in [0.29, 0.717) is 6.04 Å². The molecule has 2 aromatic rings. The summed E-state index contributed by atoms with van der Waals surface area (Å²) in [5, 5.41) is 5.82. The lowest BCUT2D eigenvalue weighted by Crippen LogP contribution is -2.23. The summed E-state index contributed by atoms with van der Waals surface area (Å²) in [5.74, 6) is 0. The van der Waals surface area contributed by atoms with Gasteiger partial charge in [0.1, 0.15) is 0 Å². The minimum atomic E-state index is 0.400. The van der Waals surface area contributed by atoms with Crippen LogP contribution in [0, 0.1) is 0 Å². The molecule has 0 saturated carbocycles. The van der Waals surface area contributed by atoms with E-state index in [-0.39, 0.29) is 0 Å². The van der Waals surface area contributed by atoms with Gasteiger partial charge < -0.3 is 5.32 Å². The van der Waals surface area contributed by atoms with Crippen molar-refractivity contribution in [3.63, 3.8) is 0 Å². The zero-order chi connectivity index (χ0) is 14.4. The summed E-state index contributed by atoms with van der Waals surface area (Å²) in [4.78, 5) is 1.40. The van der Waals surface area contributed by atoms with E-state index in [1.807, 2.05) is 11.3 Å². The highest BCUT2D eigenvalue weighted by atomic mass is 79.9. The molecule has 0 spiro atoms. The molecular weight excluding hydrogens is 330 g/mol. The molecule has 1 N–H and O–H groups in total. The number of halogens is 1. The van der Waals surface area contributed by atoms with Gasteiger partial charge in [-0.15, -0.1) is 11.3 Å². The maximum absolute atomic E-state index is 3.67. The van der Waals surface area contributed by atoms with Gasteiger partial charge in [-0.05, 0) is 64.3 Å². The second-order valence-electron chi connectivity index (χ2n) is 5.01. The number of nitrogens with one attached hydrogen (secondary N) is 1. The maximum atomic E-state index is 3.67. The van der Waals surface area contributed by atoms with Crippen molar-refractivity contribution in [2.45, 2.75) is 39.2 Å². The average molecular weight is 352 g/mol. The Kier molecular flexibility index (Phi) is 6.27. The van der Waals surface area contributed by atoms with Crippen LogP contribution >= 0.6 is 27.3 Å². The molecule has 0 amide bonds. The number of rotatable bonds is 7. The molecule has 0 fully saturated rings. The van der Waals surface area contributed by atoms with Crippen molar-refractivity contribution in [3.8, 4) is 0 Å². The zero-order valence-electron chi connectivity index (χ0n) is 12.2. The minimum Gasteiger partial charge on any atom is -0.309 e. The summed E-state index contributed by atoms with van der Waals surface area (Å²) in [5.41, 5.74) is 2.81. The largest absolute Gasteiger partial charge is 0.309 e. The smallest absolute Gasteiger partial charge is 0.0467 e. The Bertz CT molecular complexity index is 518. The topological polar surface area (TPSA) is 12.0 Å². The third-order valence-corrected chi connectivity index (χ3v) is 5.46. The predicted molar refractivity (Wildman–Crippen MR) is 92.6 cm³/mol. The maximum Gasteiger partial charge on any atom is 0.0467 e. The fraction of sp³-hybridized carbons (Fsp3) is 0.412.